The summed E-state index contributed by atoms with van der Waals surface area (Å²) >= 11 is 5.89. The summed E-state index contributed by atoms with van der Waals surface area (Å²) in [4.78, 5) is 16.0. The number of carbonyl (C=O) groups is 1. The molecule has 0 unspecified atom stereocenters. The molecule has 2 aromatic heterocycles. The van der Waals surface area contributed by atoms with E-state index in [2.05, 4.69) is 15.4 Å². The molecule has 0 aliphatic heterocycles. The molecule has 94 valence electrons. The first-order valence-corrected chi connectivity index (χ1v) is 5.94. The van der Waals surface area contributed by atoms with E-state index in [9.17, 15) is 4.79 Å². The van der Waals surface area contributed by atoms with Gasteiger partial charge in [-0.1, -0.05) is 18.5 Å². The lowest BCUT2D eigenvalue weighted by atomic mass is 10.2. The Labute approximate surface area is 110 Å². The molecule has 1 N–H and O–H groups in total. The molecule has 0 saturated heterocycles. The zero-order valence-corrected chi connectivity index (χ0v) is 10.9. The minimum atomic E-state index is -0.227. The van der Waals surface area contributed by atoms with Crippen LogP contribution >= 0.6 is 11.6 Å². The van der Waals surface area contributed by atoms with Crippen molar-refractivity contribution in [2.75, 3.05) is 5.32 Å². The number of aromatic nitrogens is 3. The zero-order chi connectivity index (χ0) is 13.1. The van der Waals surface area contributed by atoms with E-state index in [1.54, 1.807) is 36.3 Å². The fraction of sp³-hybridized carbons (Fsp3) is 0.250. The molecule has 0 aliphatic rings. The van der Waals surface area contributed by atoms with E-state index in [0.29, 0.717) is 17.7 Å². The van der Waals surface area contributed by atoms with E-state index in [-0.39, 0.29) is 11.1 Å². The fourth-order valence-corrected chi connectivity index (χ4v) is 1.82. The number of amides is 1. The van der Waals surface area contributed by atoms with Crippen LogP contribution in [0.2, 0.25) is 5.15 Å². The predicted molar refractivity (Wildman–Crippen MR) is 69.8 cm³/mol. The number of nitrogens with zero attached hydrogens (tertiary/aromatic N) is 3. The lowest BCUT2D eigenvalue weighted by Crippen LogP contribution is -2.13. The fourth-order valence-electron chi connectivity index (χ4n) is 1.65. The number of carbonyl (C=O) groups excluding carboxylic acids is 1. The SMILES string of the molecule is CCc1nn(C)cc1C(=O)Nc1cccnc1Cl. The van der Waals surface area contributed by atoms with E-state index in [0.717, 1.165) is 5.69 Å². The monoisotopic (exact) mass is 264 g/mol. The summed E-state index contributed by atoms with van der Waals surface area (Å²) in [6.45, 7) is 1.95. The average Bonchev–Trinajstić information content (AvgIpc) is 2.73. The van der Waals surface area contributed by atoms with Gasteiger partial charge in [0.25, 0.3) is 5.91 Å². The highest BCUT2D eigenvalue weighted by atomic mass is 35.5. The number of halogens is 1. The van der Waals surface area contributed by atoms with Crippen LogP contribution in [-0.2, 0) is 13.5 Å². The number of hydrogen-bond acceptors (Lipinski definition) is 3. The number of nitrogens with one attached hydrogen (secondary N) is 1. The van der Waals surface area contributed by atoms with Crippen molar-refractivity contribution in [3.8, 4) is 0 Å². The largest absolute Gasteiger partial charge is 0.319 e. The van der Waals surface area contributed by atoms with Gasteiger partial charge < -0.3 is 5.32 Å². The van der Waals surface area contributed by atoms with Crippen LogP contribution in [0.1, 0.15) is 23.0 Å². The molecular weight excluding hydrogens is 252 g/mol. The minimum Gasteiger partial charge on any atom is -0.319 e. The third-order valence-corrected chi connectivity index (χ3v) is 2.79. The lowest BCUT2D eigenvalue weighted by molar-refractivity contribution is 0.102. The highest BCUT2D eigenvalue weighted by molar-refractivity contribution is 6.32. The van der Waals surface area contributed by atoms with Crippen LogP contribution in [0, 0.1) is 0 Å². The van der Waals surface area contributed by atoms with Crippen LogP contribution < -0.4 is 5.32 Å². The predicted octanol–water partition coefficient (Wildman–Crippen LogP) is 2.28. The first kappa shape index (κ1) is 12.6. The van der Waals surface area contributed by atoms with Crippen LogP contribution in [0.3, 0.4) is 0 Å². The van der Waals surface area contributed by atoms with Gasteiger partial charge in [-0.3, -0.25) is 9.48 Å². The van der Waals surface area contributed by atoms with Gasteiger partial charge in [-0.15, -0.1) is 0 Å². The van der Waals surface area contributed by atoms with Gasteiger partial charge in [-0.05, 0) is 18.6 Å². The molecular formula is C12H13ClN4O. The summed E-state index contributed by atoms with van der Waals surface area (Å²) in [6.07, 6.45) is 3.96. The number of anilines is 1. The van der Waals surface area contributed by atoms with Gasteiger partial charge in [-0.2, -0.15) is 5.10 Å². The highest BCUT2D eigenvalue weighted by Gasteiger charge is 2.15. The second-order valence-corrected chi connectivity index (χ2v) is 4.17. The number of aryl methyl sites for hydroxylation is 2. The molecule has 0 atom stereocenters. The maximum Gasteiger partial charge on any atom is 0.259 e. The van der Waals surface area contributed by atoms with Crippen LogP contribution in [-0.4, -0.2) is 20.7 Å². The Kier molecular flexibility index (Phi) is 3.62. The molecule has 2 aromatic rings. The summed E-state index contributed by atoms with van der Waals surface area (Å²) in [5.74, 6) is -0.227. The first-order valence-electron chi connectivity index (χ1n) is 5.56. The first-order chi connectivity index (χ1) is 8.61. The molecule has 1 amide bonds. The van der Waals surface area contributed by atoms with Gasteiger partial charge in [0, 0.05) is 19.4 Å². The highest BCUT2D eigenvalue weighted by Crippen LogP contribution is 2.19. The van der Waals surface area contributed by atoms with E-state index in [1.807, 2.05) is 6.92 Å². The molecule has 2 rings (SSSR count). The smallest absolute Gasteiger partial charge is 0.259 e. The van der Waals surface area contributed by atoms with Gasteiger partial charge >= 0.3 is 0 Å². The molecule has 0 bridgehead atoms. The van der Waals surface area contributed by atoms with Gasteiger partial charge in [0.2, 0.25) is 0 Å². The summed E-state index contributed by atoms with van der Waals surface area (Å²) < 4.78 is 1.62. The van der Waals surface area contributed by atoms with Gasteiger partial charge in [0.1, 0.15) is 0 Å². The second kappa shape index (κ2) is 5.18. The van der Waals surface area contributed by atoms with Crippen LogP contribution in [0.15, 0.2) is 24.5 Å². The van der Waals surface area contributed by atoms with E-state index < -0.39 is 0 Å². The lowest BCUT2D eigenvalue weighted by Gasteiger charge is -2.05. The van der Waals surface area contributed by atoms with E-state index in [4.69, 9.17) is 11.6 Å². The summed E-state index contributed by atoms with van der Waals surface area (Å²) in [7, 11) is 1.78. The Morgan fingerprint density at radius 2 is 2.33 bits per heavy atom. The third kappa shape index (κ3) is 2.51. The van der Waals surface area contributed by atoms with Crippen molar-refractivity contribution in [3.63, 3.8) is 0 Å². The standard InChI is InChI=1S/C12H13ClN4O/c1-3-9-8(7-17(2)16-9)12(18)15-10-5-4-6-14-11(10)13/h4-7H,3H2,1-2H3,(H,15,18). The Morgan fingerprint density at radius 1 is 1.56 bits per heavy atom. The average molecular weight is 265 g/mol. The van der Waals surface area contributed by atoms with Crippen molar-refractivity contribution in [3.05, 3.63) is 40.9 Å². The van der Waals surface area contributed by atoms with Crippen molar-refractivity contribution in [1.29, 1.82) is 0 Å². The number of rotatable bonds is 3. The number of pyridine rings is 1. The molecule has 0 aromatic carbocycles. The van der Waals surface area contributed by atoms with Gasteiger partial charge in [0.15, 0.2) is 5.15 Å². The molecule has 0 fully saturated rings. The Morgan fingerprint density at radius 3 is 3.00 bits per heavy atom. The van der Waals surface area contributed by atoms with Crippen LogP contribution in [0.25, 0.3) is 0 Å². The quantitative estimate of drug-likeness (QED) is 0.866. The van der Waals surface area contributed by atoms with Crippen LogP contribution in [0.5, 0.6) is 0 Å². The van der Waals surface area contributed by atoms with E-state index in [1.165, 1.54) is 0 Å². The van der Waals surface area contributed by atoms with Crippen molar-refractivity contribution in [2.24, 2.45) is 7.05 Å². The van der Waals surface area contributed by atoms with Crippen molar-refractivity contribution >= 4 is 23.2 Å². The molecule has 6 heteroatoms. The molecule has 2 heterocycles. The van der Waals surface area contributed by atoms with Gasteiger partial charge in [0.05, 0.1) is 16.9 Å². The topological polar surface area (TPSA) is 59.8 Å². The Bertz CT molecular complexity index is 579. The summed E-state index contributed by atoms with van der Waals surface area (Å²) in [5, 5.41) is 7.22. The maximum atomic E-state index is 12.1. The molecule has 0 spiro atoms. The van der Waals surface area contributed by atoms with Crippen molar-refractivity contribution in [1.82, 2.24) is 14.8 Å². The molecule has 5 nitrogen and oxygen atoms in total. The third-order valence-electron chi connectivity index (χ3n) is 2.49. The summed E-state index contributed by atoms with van der Waals surface area (Å²) in [6, 6.07) is 3.42. The van der Waals surface area contributed by atoms with Crippen LogP contribution in [0.4, 0.5) is 5.69 Å². The van der Waals surface area contributed by atoms with E-state index >= 15 is 0 Å². The molecule has 0 saturated carbocycles. The maximum absolute atomic E-state index is 12.1. The molecule has 0 radical (unpaired) electrons. The van der Waals surface area contributed by atoms with Gasteiger partial charge in [-0.25, -0.2) is 4.98 Å². The number of hydrogen-bond donors (Lipinski definition) is 1. The Hall–Kier alpha value is -1.88. The second-order valence-electron chi connectivity index (χ2n) is 3.81. The zero-order valence-electron chi connectivity index (χ0n) is 10.1. The minimum absolute atomic E-state index is 0.227. The summed E-state index contributed by atoms with van der Waals surface area (Å²) in [5.41, 5.74) is 1.81. The molecule has 0 aliphatic carbocycles. The van der Waals surface area contributed by atoms with Crippen molar-refractivity contribution < 1.29 is 4.79 Å². The normalized spacial score (nSPS) is 10.4. The van der Waals surface area contributed by atoms with Crippen molar-refractivity contribution in [2.45, 2.75) is 13.3 Å². The molecule has 18 heavy (non-hydrogen) atoms. The Balaban J connectivity index is 2.25.